The molecule has 4 nitrogen and oxygen atoms in total. The van der Waals surface area contributed by atoms with Gasteiger partial charge in [-0.3, -0.25) is 0 Å². The third kappa shape index (κ3) is 2.27. The van der Waals surface area contributed by atoms with Gasteiger partial charge in [0.05, 0.1) is 12.3 Å². The minimum Gasteiger partial charge on any atom is -0.463 e. The molecule has 2 N–H and O–H groups in total. The van der Waals surface area contributed by atoms with E-state index in [4.69, 9.17) is 4.74 Å². The number of esters is 1. The van der Waals surface area contributed by atoms with E-state index in [1.165, 1.54) is 0 Å². The number of carbonyl (C=O) groups is 1. The molecule has 22 heavy (non-hydrogen) atoms. The topological polar surface area (TPSA) is 62.3 Å². The van der Waals surface area contributed by atoms with Crippen LogP contribution in [0.4, 0.5) is 0 Å². The Morgan fingerprint density at radius 3 is 2.59 bits per heavy atom. The molecule has 0 aliphatic heterocycles. The molecule has 1 heterocycles. The fraction of sp³-hybridized carbons (Fsp3) is 0.167. The molecule has 0 radical (unpaired) electrons. The number of ether oxygens (including phenoxy) is 1. The van der Waals surface area contributed by atoms with E-state index in [1.54, 1.807) is 31.3 Å². The molecule has 3 rings (SSSR count). The number of hydrogen-bond acceptors (Lipinski definition) is 3. The molecule has 0 unspecified atom stereocenters. The smallest absolute Gasteiger partial charge is 0.349 e. The van der Waals surface area contributed by atoms with E-state index < -0.39 is 11.6 Å². The van der Waals surface area contributed by atoms with Crippen LogP contribution in [0, 0.1) is 0 Å². The molecule has 0 amide bonds. The third-order valence-corrected chi connectivity index (χ3v) is 3.73. The number of aromatic amines is 1. The molecule has 0 fully saturated rings. The molecule has 0 bridgehead atoms. The first kappa shape index (κ1) is 14.4. The highest BCUT2D eigenvalue weighted by molar-refractivity contribution is 5.89. The Hall–Kier alpha value is -2.59. The molecule has 0 spiro atoms. The van der Waals surface area contributed by atoms with E-state index >= 15 is 0 Å². The van der Waals surface area contributed by atoms with Crippen LogP contribution in [-0.2, 0) is 15.1 Å². The average molecular weight is 295 g/mol. The molecule has 3 aromatic rings. The monoisotopic (exact) mass is 295 g/mol. The lowest BCUT2D eigenvalue weighted by atomic mass is 9.89. The van der Waals surface area contributed by atoms with Gasteiger partial charge in [-0.2, -0.15) is 0 Å². The summed E-state index contributed by atoms with van der Waals surface area (Å²) >= 11 is 0. The Labute approximate surface area is 128 Å². The Bertz CT molecular complexity index is 795. The highest BCUT2D eigenvalue weighted by atomic mass is 16.5. The van der Waals surface area contributed by atoms with Gasteiger partial charge in [-0.25, -0.2) is 4.79 Å². The van der Waals surface area contributed by atoms with E-state index in [1.807, 2.05) is 36.4 Å². The molecule has 1 aromatic heterocycles. The first-order valence-electron chi connectivity index (χ1n) is 7.19. The average Bonchev–Trinajstić information content (AvgIpc) is 3.08. The van der Waals surface area contributed by atoms with Crippen molar-refractivity contribution in [1.29, 1.82) is 0 Å². The van der Waals surface area contributed by atoms with Crippen LogP contribution in [0.5, 0.6) is 0 Å². The van der Waals surface area contributed by atoms with Crippen molar-refractivity contribution in [2.45, 2.75) is 12.5 Å². The second kappa shape index (κ2) is 5.66. The maximum atomic E-state index is 12.4. The van der Waals surface area contributed by atoms with Crippen LogP contribution >= 0.6 is 0 Å². The third-order valence-electron chi connectivity index (χ3n) is 3.73. The normalized spacial score (nSPS) is 13.7. The van der Waals surface area contributed by atoms with Gasteiger partial charge in [-0.05, 0) is 35.9 Å². The lowest BCUT2D eigenvalue weighted by Gasteiger charge is -2.25. The number of hydrogen-bond donors (Lipinski definition) is 2. The summed E-state index contributed by atoms with van der Waals surface area (Å²) in [6.07, 6.45) is 1.67. The summed E-state index contributed by atoms with van der Waals surface area (Å²) in [7, 11) is 0. The van der Waals surface area contributed by atoms with E-state index in [-0.39, 0.29) is 6.61 Å². The summed E-state index contributed by atoms with van der Waals surface area (Å²) in [5, 5.41) is 13.1. The quantitative estimate of drug-likeness (QED) is 0.727. The van der Waals surface area contributed by atoms with Crippen LogP contribution in [0.3, 0.4) is 0 Å². The predicted octanol–water partition coefficient (Wildman–Crippen LogP) is 2.97. The van der Waals surface area contributed by atoms with Gasteiger partial charge < -0.3 is 14.8 Å². The van der Waals surface area contributed by atoms with Crippen LogP contribution in [0.2, 0.25) is 0 Å². The van der Waals surface area contributed by atoms with Gasteiger partial charge in [0.2, 0.25) is 5.60 Å². The van der Waals surface area contributed by atoms with Crippen LogP contribution in [0.15, 0.2) is 60.8 Å². The highest BCUT2D eigenvalue weighted by Crippen LogP contribution is 2.32. The number of aliphatic hydroxyl groups is 1. The van der Waals surface area contributed by atoms with Crippen molar-refractivity contribution >= 4 is 16.7 Å². The zero-order chi connectivity index (χ0) is 15.6. The number of aromatic nitrogens is 1. The Morgan fingerprint density at radius 2 is 1.91 bits per heavy atom. The fourth-order valence-corrected chi connectivity index (χ4v) is 2.59. The Kier molecular flexibility index (Phi) is 3.69. The minimum absolute atomic E-state index is 0.204. The molecule has 0 aliphatic rings. The number of rotatable bonds is 4. The second-order valence-corrected chi connectivity index (χ2v) is 5.08. The first-order chi connectivity index (χ1) is 10.7. The van der Waals surface area contributed by atoms with Crippen molar-refractivity contribution in [1.82, 2.24) is 4.98 Å². The van der Waals surface area contributed by atoms with Crippen molar-refractivity contribution in [3.63, 3.8) is 0 Å². The SMILES string of the molecule is CCOC(=O)[C@@](O)(c1ccc2ccccc2c1)c1ccc[nH]1. The van der Waals surface area contributed by atoms with Gasteiger partial charge in [-0.15, -0.1) is 0 Å². The molecule has 2 aromatic carbocycles. The summed E-state index contributed by atoms with van der Waals surface area (Å²) < 4.78 is 5.09. The standard InChI is InChI=1S/C18H17NO3/c1-2-22-17(20)18(21,16-8-5-11-19-16)15-10-9-13-6-3-4-7-14(13)12-15/h3-12,19,21H,2H2,1H3/t18-/m1/s1. The Balaban J connectivity index is 2.17. The van der Waals surface area contributed by atoms with Crippen LogP contribution in [0.1, 0.15) is 18.2 Å². The van der Waals surface area contributed by atoms with E-state index in [0.717, 1.165) is 10.8 Å². The van der Waals surface area contributed by atoms with Gasteiger partial charge in [0.1, 0.15) is 0 Å². The minimum atomic E-state index is -1.84. The fourth-order valence-electron chi connectivity index (χ4n) is 2.59. The zero-order valence-corrected chi connectivity index (χ0v) is 12.2. The van der Waals surface area contributed by atoms with Crippen molar-refractivity contribution < 1.29 is 14.6 Å². The van der Waals surface area contributed by atoms with E-state index in [0.29, 0.717) is 11.3 Å². The lowest BCUT2D eigenvalue weighted by molar-refractivity contribution is -0.161. The highest BCUT2D eigenvalue weighted by Gasteiger charge is 2.42. The van der Waals surface area contributed by atoms with Gasteiger partial charge in [0, 0.05) is 11.8 Å². The molecule has 112 valence electrons. The summed E-state index contributed by atoms with van der Waals surface area (Å²) in [4.78, 5) is 15.3. The first-order valence-corrected chi connectivity index (χ1v) is 7.19. The van der Waals surface area contributed by atoms with Crippen molar-refractivity contribution in [3.05, 3.63) is 72.1 Å². The summed E-state index contributed by atoms with van der Waals surface area (Å²) in [6.45, 7) is 1.92. The van der Waals surface area contributed by atoms with Crippen LogP contribution in [-0.4, -0.2) is 22.7 Å². The van der Waals surface area contributed by atoms with Crippen LogP contribution in [0.25, 0.3) is 10.8 Å². The summed E-state index contributed by atoms with van der Waals surface area (Å²) in [6, 6.07) is 16.7. The lowest BCUT2D eigenvalue weighted by Crippen LogP contribution is -2.39. The molecule has 4 heteroatoms. The molecular formula is C18H17NO3. The molecule has 0 aliphatic carbocycles. The molecular weight excluding hydrogens is 278 g/mol. The number of fused-ring (bicyclic) bond motifs is 1. The van der Waals surface area contributed by atoms with Crippen LogP contribution < -0.4 is 0 Å². The molecule has 0 saturated heterocycles. The van der Waals surface area contributed by atoms with Gasteiger partial charge in [0.15, 0.2) is 0 Å². The van der Waals surface area contributed by atoms with E-state index in [9.17, 15) is 9.90 Å². The van der Waals surface area contributed by atoms with Gasteiger partial charge in [0.25, 0.3) is 0 Å². The number of benzene rings is 2. The summed E-state index contributed by atoms with van der Waals surface area (Å²) in [5.41, 5.74) is -0.975. The summed E-state index contributed by atoms with van der Waals surface area (Å²) in [5.74, 6) is -0.687. The maximum absolute atomic E-state index is 12.4. The number of H-pyrrole nitrogens is 1. The number of carbonyl (C=O) groups excluding carboxylic acids is 1. The maximum Gasteiger partial charge on any atom is 0.349 e. The molecule has 1 atom stereocenters. The molecule has 0 saturated carbocycles. The number of nitrogens with one attached hydrogen (secondary N) is 1. The van der Waals surface area contributed by atoms with Crippen molar-refractivity contribution in [3.8, 4) is 0 Å². The second-order valence-electron chi connectivity index (χ2n) is 5.08. The predicted molar refractivity (Wildman–Crippen MR) is 84.4 cm³/mol. The Morgan fingerprint density at radius 1 is 1.14 bits per heavy atom. The van der Waals surface area contributed by atoms with Gasteiger partial charge >= 0.3 is 5.97 Å². The largest absolute Gasteiger partial charge is 0.463 e. The van der Waals surface area contributed by atoms with Crippen molar-refractivity contribution in [2.24, 2.45) is 0 Å². The van der Waals surface area contributed by atoms with Gasteiger partial charge in [-0.1, -0.05) is 36.4 Å². The van der Waals surface area contributed by atoms with E-state index in [2.05, 4.69) is 4.98 Å². The van der Waals surface area contributed by atoms with Crippen molar-refractivity contribution in [2.75, 3.05) is 6.61 Å². The zero-order valence-electron chi connectivity index (χ0n) is 12.2.